The number of halogens is 1. The maximum Gasteiger partial charge on any atom is 0.250 e. The lowest BCUT2D eigenvalue weighted by atomic mass is 10.3. The van der Waals surface area contributed by atoms with Gasteiger partial charge in [0.1, 0.15) is 11.4 Å². The normalized spacial score (nSPS) is 15.8. The van der Waals surface area contributed by atoms with Crippen molar-refractivity contribution in [2.75, 3.05) is 26.2 Å². The van der Waals surface area contributed by atoms with Gasteiger partial charge in [0, 0.05) is 38.4 Å². The number of carbonyl (C=O) groups excluding carboxylic acids is 1. The van der Waals surface area contributed by atoms with Crippen molar-refractivity contribution in [2.45, 2.75) is 11.4 Å². The summed E-state index contributed by atoms with van der Waals surface area (Å²) in [5.41, 5.74) is -0.249. The van der Waals surface area contributed by atoms with Gasteiger partial charge in [0.05, 0.1) is 5.02 Å². The molecule has 0 N–H and O–H groups in total. The van der Waals surface area contributed by atoms with Crippen LogP contribution in [-0.2, 0) is 21.4 Å². The molecule has 0 atom stereocenters. The molecule has 3 rings (SSSR count). The molecule has 2 aromatic rings. The minimum absolute atomic E-state index is 0.0586. The number of nitrogens with zero attached hydrogens (tertiary/aromatic N) is 3. The van der Waals surface area contributed by atoms with Crippen LogP contribution in [0.15, 0.2) is 58.4 Å². The molecule has 0 saturated carbocycles. The Bertz CT molecular complexity index is 966. The Morgan fingerprint density at radius 3 is 2.31 bits per heavy atom. The Hall–Kier alpha value is -2.16. The molecule has 0 bridgehead atoms. The van der Waals surface area contributed by atoms with Crippen LogP contribution in [-0.4, -0.2) is 54.3 Å². The van der Waals surface area contributed by atoms with E-state index in [1.165, 1.54) is 27.1 Å². The first-order valence-electron chi connectivity index (χ1n) is 8.07. The first kappa shape index (κ1) is 18.6. The average Bonchev–Trinajstić information content (AvgIpc) is 2.64. The minimum Gasteiger partial charge on any atom is -0.339 e. The van der Waals surface area contributed by atoms with E-state index in [4.69, 9.17) is 11.6 Å². The maximum absolute atomic E-state index is 12.7. The van der Waals surface area contributed by atoms with Crippen molar-refractivity contribution in [1.29, 1.82) is 0 Å². The Balaban J connectivity index is 1.66. The number of amides is 1. The highest BCUT2D eigenvalue weighted by atomic mass is 35.5. The highest BCUT2D eigenvalue weighted by Crippen LogP contribution is 2.25. The number of aromatic nitrogens is 1. The van der Waals surface area contributed by atoms with Gasteiger partial charge in [-0.25, -0.2) is 8.42 Å². The highest BCUT2D eigenvalue weighted by Gasteiger charge is 2.31. The summed E-state index contributed by atoms with van der Waals surface area (Å²) in [6.07, 6.45) is 1.55. The number of benzene rings is 1. The monoisotopic (exact) mass is 395 g/mol. The van der Waals surface area contributed by atoms with E-state index in [1.807, 2.05) is 0 Å². The second kappa shape index (κ2) is 7.61. The Morgan fingerprint density at radius 1 is 1.00 bits per heavy atom. The molecule has 1 aliphatic heterocycles. The zero-order valence-corrected chi connectivity index (χ0v) is 15.5. The number of piperazine rings is 1. The number of sulfonamides is 1. The SMILES string of the molecule is O=C(Cn1ccccc1=O)N1CCN(S(=O)(=O)c2ccccc2Cl)CC1. The van der Waals surface area contributed by atoms with Gasteiger partial charge in [-0.15, -0.1) is 0 Å². The molecule has 0 aliphatic carbocycles. The van der Waals surface area contributed by atoms with Crippen molar-refractivity contribution in [1.82, 2.24) is 13.8 Å². The number of hydrogen-bond acceptors (Lipinski definition) is 4. The first-order chi connectivity index (χ1) is 12.4. The summed E-state index contributed by atoms with van der Waals surface area (Å²) in [5.74, 6) is -0.215. The van der Waals surface area contributed by atoms with Crippen LogP contribution in [0.4, 0.5) is 0 Å². The van der Waals surface area contributed by atoms with E-state index in [0.29, 0.717) is 0 Å². The number of carbonyl (C=O) groups is 1. The molecule has 0 radical (unpaired) electrons. The highest BCUT2D eigenvalue weighted by molar-refractivity contribution is 7.89. The summed E-state index contributed by atoms with van der Waals surface area (Å²) in [6.45, 7) is 0.844. The summed E-state index contributed by atoms with van der Waals surface area (Å²) in [7, 11) is -3.70. The van der Waals surface area contributed by atoms with E-state index < -0.39 is 10.0 Å². The van der Waals surface area contributed by atoms with Crippen LogP contribution in [0.1, 0.15) is 0 Å². The van der Waals surface area contributed by atoms with Crippen LogP contribution in [0.3, 0.4) is 0 Å². The van der Waals surface area contributed by atoms with Crippen molar-refractivity contribution in [2.24, 2.45) is 0 Å². The van der Waals surface area contributed by atoms with E-state index in [1.54, 1.807) is 35.4 Å². The minimum atomic E-state index is -3.70. The van der Waals surface area contributed by atoms with Gasteiger partial charge in [-0.2, -0.15) is 4.31 Å². The molecule has 1 aromatic carbocycles. The second-order valence-corrected chi connectivity index (χ2v) is 8.20. The van der Waals surface area contributed by atoms with Crippen LogP contribution < -0.4 is 5.56 Å². The molecule has 1 aromatic heterocycles. The fourth-order valence-electron chi connectivity index (χ4n) is 2.81. The Labute approximate surface area is 156 Å². The van der Waals surface area contributed by atoms with E-state index in [0.717, 1.165) is 0 Å². The molecule has 26 heavy (non-hydrogen) atoms. The predicted molar refractivity (Wildman–Crippen MR) is 97.5 cm³/mol. The lowest BCUT2D eigenvalue weighted by molar-refractivity contribution is -0.133. The van der Waals surface area contributed by atoms with Gasteiger partial charge >= 0.3 is 0 Å². The molecule has 7 nitrogen and oxygen atoms in total. The molecule has 1 fully saturated rings. The lowest BCUT2D eigenvalue weighted by Gasteiger charge is -2.34. The quantitative estimate of drug-likeness (QED) is 0.774. The molecule has 1 aliphatic rings. The zero-order valence-electron chi connectivity index (χ0n) is 13.9. The summed E-state index contributed by atoms with van der Waals surface area (Å²) in [5, 5.41) is 0.175. The van der Waals surface area contributed by atoms with Gasteiger partial charge in [-0.1, -0.05) is 29.8 Å². The van der Waals surface area contributed by atoms with E-state index in [2.05, 4.69) is 0 Å². The predicted octanol–water partition coefficient (Wildman–Crippen LogP) is 1.03. The topological polar surface area (TPSA) is 79.7 Å². The molecular formula is C17H18ClN3O4S. The van der Waals surface area contributed by atoms with Gasteiger partial charge in [0.25, 0.3) is 5.56 Å². The third kappa shape index (κ3) is 3.82. The third-order valence-electron chi connectivity index (χ3n) is 4.25. The van der Waals surface area contributed by atoms with Crippen molar-refractivity contribution in [3.8, 4) is 0 Å². The molecular weight excluding hydrogens is 378 g/mol. The lowest BCUT2D eigenvalue weighted by Crippen LogP contribution is -2.51. The Kier molecular flexibility index (Phi) is 5.45. The number of pyridine rings is 1. The molecule has 9 heteroatoms. The van der Waals surface area contributed by atoms with Crippen molar-refractivity contribution in [3.05, 3.63) is 64.0 Å². The molecule has 1 saturated heterocycles. The van der Waals surface area contributed by atoms with Crippen LogP contribution in [0, 0.1) is 0 Å². The number of rotatable bonds is 4. The van der Waals surface area contributed by atoms with E-state index >= 15 is 0 Å². The maximum atomic E-state index is 12.7. The third-order valence-corrected chi connectivity index (χ3v) is 6.65. The fraction of sp³-hybridized carbons (Fsp3) is 0.294. The summed E-state index contributed by atoms with van der Waals surface area (Å²) < 4.78 is 28.1. The standard InChI is InChI=1S/C17H18ClN3O4S/c18-14-5-1-2-6-15(14)26(24,25)21-11-9-19(10-12-21)17(23)13-20-8-4-3-7-16(20)22/h1-8H,9-13H2. The fourth-order valence-corrected chi connectivity index (χ4v) is 4.72. The van der Waals surface area contributed by atoms with Gasteiger partial charge in [0.2, 0.25) is 15.9 Å². The van der Waals surface area contributed by atoms with Gasteiger partial charge < -0.3 is 9.47 Å². The smallest absolute Gasteiger partial charge is 0.250 e. The van der Waals surface area contributed by atoms with Crippen molar-refractivity contribution < 1.29 is 13.2 Å². The molecule has 0 spiro atoms. The van der Waals surface area contributed by atoms with E-state index in [-0.39, 0.29) is 54.1 Å². The Morgan fingerprint density at radius 2 is 1.65 bits per heavy atom. The zero-order chi connectivity index (χ0) is 18.7. The van der Waals surface area contributed by atoms with Gasteiger partial charge in [-0.3, -0.25) is 9.59 Å². The first-order valence-corrected chi connectivity index (χ1v) is 9.89. The number of hydrogen-bond donors (Lipinski definition) is 0. The van der Waals surface area contributed by atoms with Crippen molar-refractivity contribution in [3.63, 3.8) is 0 Å². The average molecular weight is 396 g/mol. The van der Waals surface area contributed by atoms with Gasteiger partial charge in [-0.05, 0) is 18.2 Å². The van der Waals surface area contributed by atoms with Crippen LogP contribution in [0.5, 0.6) is 0 Å². The van der Waals surface area contributed by atoms with E-state index in [9.17, 15) is 18.0 Å². The molecule has 1 amide bonds. The van der Waals surface area contributed by atoms with Crippen LogP contribution >= 0.6 is 11.6 Å². The summed E-state index contributed by atoms with van der Waals surface area (Å²) >= 11 is 6.01. The molecule has 138 valence electrons. The van der Waals surface area contributed by atoms with Crippen molar-refractivity contribution >= 4 is 27.5 Å². The van der Waals surface area contributed by atoms with Crippen LogP contribution in [0.2, 0.25) is 5.02 Å². The largest absolute Gasteiger partial charge is 0.339 e. The van der Waals surface area contributed by atoms with Gasteiger partial charge in [0.15, 0.2) is 0 Å². The summed E-state index contributed by atoms with van der Waals surface area (Å²) in [6, 6.07) is 11.0. The van der Waals surface area contributed by atoms with Crippen LogP contribution in [0.25, 0.3) is 0 Å². The second-order valence-electron chi connectivity index (χ2n) is 5.88. The molecule has 2 heterocycles. The molecule has 0 unspecified atom stereocenters. The summed E-state index contributed by atoms with van der Waals surface area (Å²) in [4.78, 5) is 25.7.